The van der Waals surface area contributed by atoms with Gasteiger partial charge in [0.15, 0.2) is 0 Å². The predicted octanol–water partition coefficient (Wildman–Crippen LogP) is 2.48. The first-order valence-electron chi connectivity index (χ1n) is 7.87. The van der Waals surface area contributed by atoms with Gasteiger partial charge in [0.25, 0.3) is 0 Å². The molecule has 1 saturated heterocycles. The quantitative estimate of drug-likeness (QED) is 0.822. The van der Waals surface area contributed by atoms with Crippen molar-refractivity contribution in [1.82, 2.24) is 14.7 Å². The Kier molecular flexibility index (Phi) is 4.90. The zero-order valence-electron chi connectivity index (χ0n) is 12.9. The molecule has 0 radical (unpaired) electrons. The first-order chi connectivity index (χ1) is 11.2. The summed E-state index contributed by atoms with van der Waals surface area (Å²) in [4.78, 5) is 14.3. The van der Waals surface area contributed by atoms with E-state index >= 15 is 0 Å². The van der Waals surface area contributed by atoms with Crippen LogP contribution in [0, 0.1) is 5.82 Å². The molecule has 0 saturated carbocycles. The van der Waals surface area contributed by atoms with Crippen molar-refractivity contribution in [2.24, 2.45) is 0 Å². The second-order valence-electron chi connectivity index (χ2n) is 5.66. The van der Waals surface area contributed by atoms with Gasteiger partial charge in [-0.15, -0.1) is 0 Å². The molecule has 1 aromatic heterocycles. The smallest absolute Gasteiger partial charge is 0.226 e. The number of likely N-dealkylation sites (tertiary alicyclic amines) is 1. The number of benzene rings is 1. The maximum atomic E-state index is 12.8. The first kappa shape index (κ1) is 15.5. The third kappa shape index (κ3) is 4.09. The standard InChI is InChI=1S/C17H20FN3O2/c18-14-4-6-16(7-5-14)23-12-8-17(22)21-11-1-3-15(21)13-20-10-2-9-19-20/h2,4-7,9-10,15H,1,3,8,11-13H2/t15-/m0/s1. The molecule has 0 unspecified atom stereocenters. The fourth-order valence-electron chi connectivity index (χ4n) is 2.91. The molecule has 0 spiro atoms. The van der Waals surface area contributed by atoms with E-state index in [4.69, 9.17) is 4.74 Å². The maximum Gasteiger partial charge on any atom is 0.226 e. The highest BCUT2D eigenvalue weighted by Gasteiger charge is 2.28. The lowest BCUT2D eigenvalue weighted by molar-refractivity contribution is -0.132. The lowest BCUT2D eigenvalue weighted by Gasteiger charge is -2.24. The van der Waals surface area contributed by atoms with Crippen molar-refractivity contribution in [2.75, 3.05) is 13.2 Å². The van der Waals surface area contributed by atoms with Crippen LogP contribution in [0.5, 0.6) is 5.75 Å². The molecule has 5 nitrogen and oxygen atoms in total. The van der Waals surface area contributed by atoms with E-state index in [0.717, 1.165) is 25.9 Å². The van der Waals surface area contributed by atoms with E-state index in [1.54, 1.807) is 18.3 Å². The molecule has 1 aliphatic rings. The molecule has 1 fully saturated rings. The Morgan fingerprint density at radius 1 is 1.35 bits per heavy atom. The number of nitrogens with zero attached hydrogens (tertiary/aromatic N) is 3. The molecule has 0 N–H and O–H groups in total. The summed E-state index contributed by atoms with van der Waals surface area (Å²) in [6.45, 7) is 1.83. The van der Waals surface area contributed by atoms with Gasteiger partial charge in [0.05, 0.1) is 25.6 Å². The van der Waals surface area contributed by atoms with Crippen LogP contribution >= 0.6 is 0 Å². The molecule has 1 atom stereocenters. The summed E-state index contributed by atoms with van der Waals surface area (Å²) >= 11 is 0. The molecule has 6 heteroatoms. The van der Waals surface area contributed by atoms with Crippen LogP contribution in [0.3, 0.4) is 0 Å². The summed E-state index contributed by atoms with van der Waals surface area (Å²) < 4.78 is 20.2. The van der Waals surface area contributed by atoms with Crippen LogP contribution in [0.15, 0.2) is 42.7 Å². The Labute approximate surface area is 134 Å². The van der Waals surface area contributed by atoms with Gasteiger partial charge >= 0.3 is 0 Å². The van der Waals surface area contributed by atoms with Crippen molar-refractivity contribution in [3.05, 3.63) is 48.5 Å². The zero-order valence-corrected chi connectivity index (χ0v) is 12.9. The van der Waals surface area contributed by atoms with Crippen LogP contribution in [0.25, 0.3) is 0 Å². The fourth-order valence-corrected chi connectivity index (χ4v) is 2.91. The molecule has 23 heavy (non-hydrogen) atoms. The van der Waals surface area contributed by atoms with Crippen molar-refractivity contribution in [3.63, 3.8) is 0 Å². The summed E-state index contributed by atoms with van der Waals surface area (Å²) in [7, 11) is 0. The van der Waals surface area contributed by atoms with E-state index in [1.165, 1.54) is 12.1 Å². The van der Waals surface area contributed by atoms with E-state index in [-0.39, 0.29) is 17.8 Å². The number of hydrogen-bond donors (Lipinski definition) is 0. The van der Waals surface area contributed by atoms with Gasteiger partial charge in [-0.05, 0) is 43.2 Å². The lowest BCUT2D eigenvalue weighted by Crippen LogP contribution is -2.38. The summed E-state index contributed by atoms with van der Waals surface area (Å²) in [5.74, 6) is 0.377. The van der Waals surface area contributed by atoms with Crippen LogP contribution in [0.4, 0.5) is 4.39 Å². The summed E-state index contributed by atoms with van der Waals surface area (Å²) in [6, 6.07) is 7.91. The van der Waals surface area contributed by atoms with Gasteiger partial charge in [-0.3, -0.25) is 9.48 Å². The molecule has 2 heterocycles. The molecule has 122 valence electrons. The first-order valence-corrected chi connectivity index (χ1v) is 7.87. The Bertz CT molecular complexity index is 628. The monoisotopic (exact) mass is 317 g/mol. The number of amides is 1. The molecular weight excluding hydrogens is 297 g/mol. The minimum Gasteiger partial charge on any atom is -0.493 e. The summed E-state index contributed by atoms with van der Waals surface area (Å²) in [6.07, 6.45) is 6.02. The molecule has 1 amide bonds. The van der Waals surface area contributed by atoms with Gasteiger partial charge in [0, 0.05) is 18.9 Å². The second-order valence-corrected chi connectivity index (χ2v) is 5.66. The summed E-state index contributed by atoms with van der Waals surface area (Å²) in [5, 5.41) is 4.21. The van der Waals surface area contributed by atoms with Gasteiger partial charge in [0.1, 0.15) is 11.6 Å². The minimum absolute atomic E-state index is 0.0989. The second kappa shape index (κ2) is 7.26. The predicted molar refractivity (Wildman–Crippen MR) is 83.5 cm³/mol. The summed E-state index contributed by atoms with van der Waals surface area (Å²) in [5.41, 5.74) is 0. The van der Waals surface area contributed by atoms with Crippen LogP contribution in [-0.4, -0.2) is 39.8 Å². The fraction of sp³-hybridized carbons (Fsp3) is 0.412. The Morgan fingerprint density at radius 2 is 2.17 bits per heavy atom. The van der Waals surface area contributed by atoms with Gasteiger partial charge < -0.3 is 9.64 Å². The third-order valence-corrected chi connectivity index (χ3v) is 4.05. The van der Waals surface area contributed by atoms with E-state index < -0.39 is 0 Å². The molecular formula is C17H20FN3O2. The van der Waals surface area contributed by atoms with Crippen LogP contribution < -0.4 is 4.74 Å². The number of aromatic nitrogens is 2. The van der Waals surface area contributed by atoms with Gasteiger partial charge in [-0.25, -0.2) is 4.39 Å². The molecule has 3 rings (SSSR count). The van der Waals surface area contributed by atoms with Gasteiger partial charge in [-0.2, -0.15) is 5.10 Å². The lowest BCUT2D eigenvalue weighted by atomic mass is 10.2. The molecule has 2 aromatic rings. The van der Waals surface area contributed by atoms with E-state index in [1.807, 2.05) is 21.8 Å². The van der Waals surface area contributed by atoms with Crippen molar-refractivity contribution in [2.45, 2.75) is 31.8 Å². The molecule has 1 aliphatic heterocycles. The van der Waals surface area contributed by atoms with Crippen LogP contribution in [0.1, 0.15) is 19.3 Å². The number of halogens is 1. The molecule has 1 aromatic carbocycles. The van der Waals surface area contributed by atoms with Crippen LogP contribution in [0.2, 0.25) is 0 Å². The number of ether oxygens (including phenoxy) is 1. The number of carbonyl (C=O) groups excluding carboxylic acids is 1. The van der Waals surface area contributed by atoms with Crippen molar-refractivity contribution in [3.8, 4) is 5.75 Å². The SMILES string of the molecule is O=C(CCOc1ccc(F)cc1)N1CCC[C@H]1Cn1cccn1. The topological polar surface area (TPSA) is 47.4 Å². The maximum absolute atomic E-state index is 12.8. The normalized spacial score (nSPS) is 17.4. The van der Waals surface area contributed by atoms with E-state index in [9.17, 15) is 9.18 Å². The highest BCUT2D eigenvalue weighted by molar-refractivity contribution is 5.77. The third-order valence-electron chi connectivity index (χ3n) is 4.05. The molecule has 0 bridgehead atoms. The Hall–Kier alpha value is -2.37. The van der Waals surface area contributed by atoms with Gasteiger partial charge in [0.2, 0.25) is 5.91 Å². The zero-order chi connectivity index (χ0) is 16.1. The number of carbonyl (C=O) groups is 1. The minimum atomic E-state index is -0.299. The average Bonchev–Trinajstić information content (AvgIpc) is 3.21. The average molecular weight is 317 g/mol. The molecule has 0 aliphatic carbocycles. The highest BCUT2D eigenvalue weighted by atomic mass is 19.1. The largest absolute Gasteiger partial charge is 0.493 e. The highest BCUT2D eigenvalue weighted by Crippen LogP contribution is 2.20. The van der Waals surface area contributed by atoms with Gasteiger partial charge in [-0.1, -0.05) is 0 Å². The van der Waals surface area contributed by atoms with E-state index in [0.29, 0.717) is 18.8 Å². The van der Waals surface area contributed by atoms with Crippen LogP contribution in [-0.2, 0) is 11.3 Å². The van der Waals surface area contributed by atoms with Crippen molar-refractivity contribution in [1.29, 1.82) is 0 Å². The number of rotatable bonds is 6. The number of hydrogen-bond acceptors (Lipinski definition) is 3. The Morgan fingerprint density at radius 3 is 2.91 bits per heavy atom. The van der Waals surface area contributed by atoms with E-state index in [2.05, 4.69) is 5.10 Å². The van der Waals surface area contributed by atoms with Crippen molar-refractivity contribution >= 4 is 5.91 Å². The van der Waals surface area contributed by atoms with Crippen molar-refractivity contribution < 1.29 is 13.9 Å². The Balaban J connectivity index is 1.48.